The average molecular weight is 544 g/mol. The highest BCUT2D eigenvalue weighted by atomic mass is 35.5. The molecule has 4 bridgehead atoms. The molecule has 4 fully saturated rings. The quantitative estimate of drug-likeness (QED) is 0.254. The van der Waals surface area contributed by atoms with Gasteiger partial charge in [-0.25, -0.2) is 4.79 Å². The Balaban J connectivity index is 1.67. The van der Waals surface area contributed by atoms with Crippen molar-refractivity contribution in [3.63, 3.8) is 0 Å². The Morgan fingerprint density at radius 2 is 1.89 bits per heavy atom. The van der Waals surface area contributed by atoms with Crippen LogP contribution in [-0.2, 0) is 23.4 Å². The molecule has 1 aromatic rings. The maximum absolute atomic E-state index is 12.5. The fraction of sp³-hybridized carbons (Fsp3) is 0.731. The summed E-state index contributed by atoms with van der Waals surface area (Å²) < 4.78 is 32.0. The van der Waals surface area contributed by atoms with Gasteiger partial charge >= 0.3 is 5.97 Å². The molecule has 0 spiro atoms. The summed E-state index contributed by atoms with van der Waals surface area (Å²) in [6, 6.07) is 4.18. The van der Waals surface area contributed by atoms with Gasteiger partial charge in [0.2, 0.25) is 4.84 Å². The lowest BCUT2D eigenvalue weighted by Crippen LogP contribution is -2.69. The first kappa shape index (κ1) is 25.8. The summed E-state index contributed by atoms with van der Waals surface area (Å²) in [5.41, 5.74) is 2.88. The van der Waals surface area contributed by atoms with Gasteiger partial charge in [-0.05, 0) is 59.8 Å². The maximum Gasteiger partial charge on any atom is 0.339 e. The molecule has 3 saturated heterocycles. The normalized spacial score (nSPS) is 37.1. The van der Waals surface area contributed by atoms with E-state index in [1.807, 2.05) is 0 Å². The van der Waals surface area contributed by atoms with Crippen LogP contribution in [0.2, 0.25) is 18.1 Å². The first-order valence-corrected chi connectivity index (χ1v) is 16.1. The lowest BCUT2D eigenvalue weighted by Gasteiger charge is -2.62. The molecule has 3 aliphatic heterocycles. The fourth-order valence-electron chi connectivity index (χ4n) is 6.68. The number of fused-ring (bicyclic) bond motifs is 3. The van der Waals surface area contributed by atoms with Crippen molar-refractivity contribution in [2.24, 2.45) is 17.3 Å². The van der Waals surface area contributed by atoms with Crippen molar-refractivity contribution in [3.05, 3.63) is 28.8 Å². The van der Waals surface area contributed by atoms with Crippen molar-refractivity contribution in [2.75, 3.05) is 13.7 Å². The lowest BCUT2D eigenvalue weighted by atomic mass is 9.53. The number of hydrogen-bond acceptors (Lipinski definition) is 6. The van der Waals surface area contributed by atoms with E-state index in [1.165, 1.54) is 11.1 Å². The monoisotopic (exact) mass is 542 g/mol. The molecular weight excluding hydrogens is 507 g/mol. The first-order valence-electron chi connectivity index (χ1n) is 12.4. The summed E-state index contributed by atoms with van der Waals surface area (Å²) in [7, 11) is -0.555. The molecule has 3 heterocycles. The lowest BCUT2D eigenvalue weighted by molar-refractivity contribution is -0.319. The zero-order valence-corrected chi connectivity index (χ0v) is 24.2. The Hall–Kier alpha value is -0.833. The number of esters is 1. The van der Waals surface area contributed by atoms with E-state index in [0.29, 0.717) is 0 Å². The SMILES string of the molecule is COc1cc(C)c2c(c1)C1C3[C@H]4O[C@H](O[Si](C)(C)C(C)(C)C)[C@]1(COC(=O)C(Cl)Cl)[C@@H](C)C4O[C@@H]23. The second-order valence-corrected chi connectivity index (χ2v) is 18.0. The molecular formula is C26H36Cl2O6Si. The Morgan fingerprint density at radius 1 is 1.20 bits per heavy atom. The third-order valence-electron chi connectivity index (χ3n) is 9.48. The van der Waals surface area contributed by atoms with Crippen molar-refractivity contribution in [2.45, 2.75) is 88.1 Å². The van der Waals surface area contributed by atoms with Crippen LogP contribution in [0, 0.1) is 24.2 Å². The topological polar surface area (TPSA) is 63.2 Å². The second kappa shape index (κ2) is 8.33. The molecule has 8 atom stereocenters. The first-order chi connectivity index (χ1) is 16.2. The van der Waals surface area contributed by atoms with Crippen molar-refractivity contribution in [1.82, 2.24) is 0 Å². The molecule has 6 nitrogen and oxygen atoms in total. The van der Waals surface area contributed by atoms with Gasteiger partial charge in [0.25, 0.3) is 0 Å². The van der Waals surface area contributed by atoms with Gasteiger partial charge < -0.3 is 23.4 Å². The predicted molar refractivity (Wildman–Crippen MR) is 137 cm³/mol. The molecule has 2 aliphatic carbocycles. The highest BCUT2D eigenvalue weighted by molar-refractivity contribution is 6.74. The summed E-state index contributed by atoms with van der Waals surface area (Å²) in [5.74, 6) is 0.328. The van der Waals surface area contributed by atoms with Gasteiger partial charge in [0.05, 0.1) is 30.8 Å². The summed E-state index contributed by atoms with van der Waals surface area (Å²) in [4.78, 5) is 11.2. The van der Waals surface area contributed by atoms with Crippen molar-refractivity contribution >= 4 is 37.5 Å². The molecule has 1 aromatic carbocycles. The standard InChI is InChI=1S/C26H36Cl2O6Si/c1-12-9-14(30-6)10-15-16(12)20-17-18(15)26(11-31-23(29)22(27)28)13(2)19(32-20)21(17)33-24(26)34-35(7,8)25(3,4)5/h9-10,13,17-22,24H,11H2,1-8H3/t13-,17?,18?,19?,20-,21+,24+,26+/m0/s1. The van der Waals surface area contributed by atoms with E-state index in [0.717, 1.165) is 11.3 Å². The number of methoxy groups -OCH3 is 1. The summed E-state index contributed by atoms with van der Waals surface area (Å²) in [6.07, 6.45) is -0.785. The van der Waals surface area contributed by atoms with Crippen LogP contribution in [0.3, 0.4) is 0 Å². The maximum atomic E-state index is 12.5. The Labute approximate surface area is 219 Å². The average Bonchev–Trinajstić information content (AvgIpc) is 3.26. The summed E-state index contributed by atoms with van der Waals surface area (Å²) in [5, 5.41) is -0.0169. The third kappa shape index (κ3) is 3.56. The molecule has 9 heteroatoms. The highest BCUT2D eigenvalue weighted by Crippen LogP contribution is 2.73. The predicted octanol–water partition coefficient (Wildman–Crippen LogP) is 5.89. The fourth-order valence-corrected chi connectivity index (χ4v) is 7.97. The smallest absolute Gasteiger partial charge is 0.339 e. The van der Waals surface area contributed by atoms with Crippen LogP contribution < -0.4 is 4.74 Å². The minimum Gasteiger partial charge on any atom is -0.497 e. The number of carbonyl (C=O) groups excluding carboxylic acids is 1. The van der Waals surface area contributed by atoms with Crippen molar-refractivity contribution < 1.29 is 28.2 Å². The van der Waals surface area contributed by atoms with Gasteiger partial charge in [0, 0.05) is 11.8 Å². The molecule has 0 N–H and O–H groups in total. The van der Waals surface area contributed by atoms with Crippen LogP contribution in [0.25, 0.3) is 0 Å². The van der Waals surface area contributed by atoms with E-state index in [-0.39, 0.29) is 47.7 Å². The van der Waals surface area contributed by atoms with Gasteiger partial charge in [-0.15, -0.1) is 0 Å². The van der Waals surface area contributed by atoms with Gasteiger partial charge in [-0.2, -0.15) is 0 Å². The van der Waals surface area contributed by atoms with E-state index < -0.39 is 30.8 Å². The van der Waals surface area contributed by atoms with Crippen molar-refractivity contribution in [3.8, 4) is 5.75 Å². The number of ether oxygens (including phenoxy) is 4. The highest BCUT2D eigenvalue weighted by Gasteiger charge is 2.76. The van der Waals surface area contributed by atoms with Gasteiger partial charge in [-0.1, -0.05) is 50.9 Å². The minimum absolute atomic E-state index is 0.0169. The molecule has 194 valence electrons. The van der Waals surface area contributed by atoms with E-state index >= 15 is 0 Å². The zero-order valence-electron chi connectivity index (χ0n) is 21.7. The number of hydrogen-bond donors (Lipinski definition) is 0. The van der Waals surface area contributed by atoms with Crippen LogP contribution in [0.15, 0.2) is 12.1 Å². The number of benzene rings is 1. The number of alkyl halides is 2. The minimum atomic E-state index is -2.24. The number of carbonyl (C=O) groups is 1. The van der Waals surface area contributed by atoms with Gasteiger partial charge in [-0.3, -0.25) is 0 Å². The third-order valence-corrected chi connectivity index (χ3v) is 14.3. The summed E-state index contributed by atoms with van der Waals surface area (Å²) in [6.45, 7) is 15.5. The molecule has 35 heavy (non-hydrogen) atoms. The van der Waals surface area contributed by atoms with E-state index in [9.17, 15) is 4.79 Å². The van der Waals surface area contributed by atoms with E-state index in [2.05, 4.69) is 59.8 Å². The van der Waals surface area contributed by atoms with Gasteiger partial charge in [0.15, 0.2) is 14.6 Å². The Kier molecular flexibility index (Phi) is 6.14. The van der Waals surface area contributed by atoms with Gasteiger partial charge in [0.1, 0.15) is 12.4 Å². The number of rotatable bonds is 6. The Bertz CT molecular complexity index is 1040. The van der Waals surface area contributed by atoms with E-state index in [1.54, 1.807) is 7.11 Å². The zero-order chi connectivity index (χ0) is 25.7. The molecule has 5 aliphatic rings. The Morgan fingerprint density at radius 3 is 2.49 bits per heavy atom. The molecule has 1 saturated carbocycles. The second-order valence-electron chi connectivity index (χ2n) is 12.1. The molecule has 0 aromatic heterocycles. The van der Waals surface area contributed by atoms with Crippen LogP contribution >= 0.6 is 23.2 Å². The van der Waals surface area contributed by atoms with Crippen LogP contribution in [0.1, 0.15) is 56.4 Å². The molecule has 3 unspecified atom stereocenters. The van der Waals surface area contributed by atoms with Crippen LogP contribution in [-0.4, -0.2) is 51.3 Å². The van der Waals surface area contributed by atoms with E-state index in [4.69, 9.17) is 46.6 Å². The van der Waals surface area contributed by atoms with Crippen LogP contribution in [0.5, 0.6) is 5.75 Å². The number of halogens is 2. The molecule has 0 radical (unpaired) electrons. The number of aryl methyl sites for hydroxylation is 1. The molecule has 0 amide bonds. The van der Waals surface area contributed by atoms with Crippen LogP contribution in [0.4, 0.5) is 0 Å². The van der Waals surface area contributed by atoms with Crippen molar-refractivity contribution in [1.29, 1.82) is 0 Å². The largest absolute Gasteiger partial charge is 0.497 e. The summed E-state index contributed by atoms with van der Waals surface area (Å²) >= 11 is 11.7. The molecule has 6 rings (SSSR count).